The summed E-state index contributed by atoms with van der Waals surface area (Å²) < 4.78 is 3.38. The van der Waals surface area contributed by atoms with Crippen molar-refractivity contribution >= 4 is 15.9 Å². The average Bonchev–Trinajstić information content (AvgIpc) is 2.83. The van der Waals surface area contributed by atoms with Crippen molar-refractivity contribution in [2.45, 2.75) is 44.7 Å². The molecule has 2 N–H and O–H groups in total. The molecule has 2 unspecified atom stereocenters. The smallest absolute Gasteiger partial charge is 0.0957 e. The zero-order valence-corrected chi connectivity index (χ0v) is 13.3. The number of aromatic nitrogens is 2. The molecule has 0 bridgehead atoms. The van der Waals surface area contributed by atoms with Gasteiger partial charge in [-0.3, -0.25) is 0 Å². The van der Waals surface area contributed by atoms with E-state index in [1.54, 1.807) is 0 Å². The van der Waals surface area contributed by atoms with E-state index >= 15 is 0 Å². The van der Waals surface area contributed by atoms with Crippen LogP contribution in [0.4, 0.5) is 0 Å². The van der Waals surface area contributed by atoms with Gasteiger partial charge in [0, 0.05) is 16.2 Å². The van der Waals surface area contributed by atoms with Crippen molar-refractivity contribution in [2.24, 2.45) is 5.73 Å². The molecule has 2 aromatic rings. The topological polar surface area (TPSA) is 43.8 Å². The zero-order valence-electron chi connectivity index (χ0n) is 11.7. The minimum Gasteiger partial charge on any atom is -0.326 e. The minimum atomic E-state index is 0.0459. The monoisotopic (exact) mass is 333 g/mol. The number of nitrogens with two attached hydrogens (primary N) is 1. The summed E-state index contributed by atoms with van der Waals surface area (Å²) in [6.45, 7) is 2.07. The van der Waals surface area contributed by atoms with Crippen molar-refractivity contribution in [3.05, 3.63) is 52.0 Å². The Balaban J connectivity index is 2.05. The molecule has 20 heavy (non-hydrogen) atoms. The molecule has 1 aromatic heterocycles. The Morgan fingerprint density at radius 2 is 2.10 bits per heavy atom. The molecule has 1 heterocycles. The van der Waals surface area contributed by atoms with Gasteiger partial charge in [-0.25, -0.2) is 4.98 Å². The second kappa shape index (κ2) is 5.70. The maximum absolute atomic E-state index is 6.28. The van der Waals surface area contributed by atoms with E-state index in [9.17, 15) is 0 Å². The third kappa shape index (κ3) is 2.54. The molecule has 2 atom stereocenters. The first-order valence-corrected chi connectivity index (χ1v) is 8.01. The maximum Gasteiger partial charge on any atom is 0.0957 e. The van der Waals surface area contributed by atoms with Crippen LogP contribution < -0.4 is 5.73 Å². The molecule has 1 aliphatic carbocycles. The number of aryl methyl sites for hydroxylation is 1. The molecule has 0 radical (unpaired) electrons. The summed E-state index contributed by atoms with van der Waals surface area (Å²) >= 11 is 3.55. The predicted molar refractivity (Wildman–Crippen MR) is 84.8 cm³/mol. The molecule has 0 saturated heterocycles. The number of hydrogen-bond donors (Lipinski definition) is 1. The summed E-state index contributed by atoms with van der Waals surface area (Å²) in [5.74, 6) is 0. The van der Waals surface area contributed by atoms with Crippen LogP contribution in [0.15, 0.2) is 35.1 Å². The van der Waals surface area contributed by atoms with E-state index in [1.165, 1.54) is 29.8 Å². The lowest BCUT2D eigenvalue weighted by Gasteiger charge is -2.26. The van der Waals surface area contributed by atoms with E-state index in [0.29, 0.717) is 0 Å². The first-order valence-electron chi connectivity index (χ1n) is 7.22. The van der Waals surface area contributed by atoms with Gasteiger partial charge < -0.3 is 10.3 Å². The third-order valence-corrected chi connectivity index (χ3v) is 4.54. The minimum absolute atomic E-state index is 0.0459. The molecular formula is C16H20BrN3. The first kappa shape index (κ1) is 13.8. The number of rotatable bonds is 3. The quantitative estimate of drug-likeness (QED) is 0.934. The normalized spacial score (nSPS) is 17.6. The Bertz CT molecular complexity index is 604. The summed E-state index contributed by atoms with van der Waals surface area (Å²) in [6.07, 6.45) is 6.70. The number of imidazole rings is 1. The number of nitrogens with zero attached hydrogens (tertiary/aromatic N) is 2. The fourth-order valence-corrected chi connectivity index (χ4v) is 3.56. The summed E-state index contributed by atoms with van der Waals surface area (Å²) in [5.41, 5.74) is 10.2. The molecule has 4 heteroatoms. The highest BCUT2D eigenvalue weighted by Gasteiger charge is 2.24. The summed E-state index contributed by atoms with van der Waals surface area (Å²) in [7, 11) is 0. The van der Waals surface area contributed by atoms with Crippen molar-refractivity contribution in [1.82, 2.24) is 9.55 Å². The van der Waals surface area contributed by atoms with Crippen LogP contribution in [0, 0.1) is 0 Å². The fourth-order valence-electron chi connectivity index (χ4n) is 3.14. The van der Waals surface area contributed by atoms with Crippen molar-refractivity contribution in [2.75, 3.05) is 0 Å². The molecule has 1 aliphatic rings. The maximum atomic E-state index is 6.28. The van der Waals surface area contributed by atoms with E-state index in [1.807, 2.05) is 12.4 Å². The summed E-state index contributed by atoms with van der Waals surface area (Å²) in [4.78, 5) is 4.60. The second-order valence-electron chi connectivity index (χ2n) is 5.61. The van der Waals surface area contributed by atoms with Crippen LogP contribution in [0.5, 0.6) is 0 Å². The highest BCUT2D eigenvalue weighted by molar-refractivity contribution is 9.10. The molecule has 3 nitrogen and oxygen atoms in total. The lowest BCUT2D eigenvalue weighted by atomic mass is 9.97. The van der Waals surface area contributed by atoms with Crippen LogP contribution in [-0.2, 0) is 12.8 Å². The fraction of sp³-hybridized carbons (Fsp3) is 0.438. The Kier molecular flexibility index (Phi) is 3.94. The van der Waals surface area contributed by atoms with E-state index in [0.717, 1.165) is 17.3 Å². The van der Waals surface area contributed by atoms with Crippen LogP contribution in [-0.4, -0.2) is 15.6 Å². The largest absolute Gasteiger partial charge is 0.326 e. The van der Waals surface area contributed by atoms with Gasteiger partial charge >= 0.3 is 0 Å². The van der Waals surface area contributed by atoms with Crippen LogP contribution in [0.25, 0.3) is 0 Å². The lowest BCUT2D eigenvalue weighted by molar-refractivity contribution is 0.473. The van der Waals surface area contributed by atoms with Crippen LogP contribution in [0.1, 0.15) is 42.8 Å². The number of hydrogen-bond acceptors (Lipinski definition) is 2. The van der Waals surface area contributed by atoms with E-state index in [2.05, 4.69) is 50.6 Å². The van der Waals surface area contributed by atoms with Gasteiger partial charge in [-0.1, -0.05) is 28.1 Å². The number of fused-ring (bicyclic) bond motifs is 1. The zero-order chi connectivity index (χ0) is 14.1. The summed E-state index contributed by atoms with van der Waals surface area (Å²) in [5, 5.41) is 0. The van der Waals surface area contributed by atoms with Gasteiger partial charge in [-0.05, 0) is 50.3 Å². The molecule has 0 aliphatic heterocycles. The molecular weight excluding hydrogens is 314 g/mol. The average molecular weight is 334 g/mol. The molecule has 106 valence electrons. The molecule has 0 saturated carbocycles. The van der Waals surface area contributed by atoms with Gasteiger partial charge in [0.05, 0.1) is 18.1 Å². The molecule has 1 aromatic carbocycles. The SMILES string of the molecule is CC(N)C(c1cccc(Br)c1)n1cnc2c1CCCC2. The highest BCUT2D eigenvalue weighted by atomic mass is 79.9. The Morgan fingerprint density at radius 3 is 2.85 bits per heavy atom. The van der Waals surface area contributed by atoms with E-state index in [4.69, 9.17) is 5.73 Å². The molecule has 0 spiro atoms. The van der Waals surface area contributed by atoms with Gasteiger partial charge in [0.1, 0.15) is 0 Å². The van der Waals surface area contributed by atoms with E-state index < -0.39 is 0 Å². The number of benzene rings is 1. The van der Waals surface area contributed by atoms with Gasteiger partial charge in [0.25, 0.3) is 0 Å². The standard InChI is InChI=1S/C16H20BrN3/c1-11(18)16(12-5-4-6-13(17)9-12)20-10-19-14-7-2-3-8-15(14)20/h4-6,9-11,16H,2-3,7-8,18H2,1H3. The van der Waals surface area contributed by atoms with Crippen molar-refractivity contribution in [1.29, 1.82) is 0 Å². The third-order valence-electron chi connectivity index (χ3n) is 4.05. The second-order valence-corrected chi connectivity index (χ2v) is 6.53. The van der Waals surface area contributed by atoms with Crippen LogP contribution in [0.3, 0.4) is 0 Å². The summed E-state index contributed by atoms with van der Waals surface area (Å²) in [6, 6.07) is 8.62. The van der Waals surface area contributed by atoms with Crippen molar-refractivity contribution in [3.8, 4) is 0 Å². The van der Waals surface area contributed by atoms with Gasteiger partial charge in [-0.2, -0.15) is 0 Å². The van der Waals surface area contributed by atoms with Crippen molar-refractivity contribution < 1.29 is 0 Å². The Labute approximate surface area is 128 Å². The van der Waals surface area contributed by atoms with Gasteiger partial charge in [-0.15, -0.1) is 0 Å². The number of halogens is 1. The van der Waals surface area contributed by atoms with Crippen LogP contribution >= 0.6 is 15.9 Å². The predicted octanol–water partition coefficient (Wildman–Crippen LogP) is 3.46. The molecule has 0 amide bonds. The molecule has 0 fully saturated rings. The van der Waals surface area contributed by atoms with E-state index in [-0.39, 0.29) is 12.1 Å². The Hall–Kier alpha value is -1.13. The Morgan fingerprint density at radius 1 is 1.30 bits per heavy atom. The molecule has 3 rings (SSSR count). The van der Waals surface area contributed by atoms with Crippen molar-refractivity contribution in [3.63, 3.8) is 0 Å². The lowest BCUT2D eigenvalue weighted by Crippen LogP contribution is -2.31. The van der Waals surface area contributed by atoms with Gasteiger partial charge in [0.2, 0.25) is 0 Å². The van der Waals surface area contributed by atoms with Gasteiger partial charge in [0.15, 0.2) is 0 Å². The first-order chi connectivity index (χ1) is 9.66. The van der Waals surface area contributed by atoms with Crippen LogP contribution in [0.2, 0.25) is 0 Å². The highest BCUT2D eigenvalue weighted by Crippen LogP contribution is 2.29.